The fraction of sp³-hybridized carbons (Fsp3) is 0.333. The number of hydrogen-bond acceptors (Lipinski definition) is 4. The molecule has 0 saturated carbocycles. The number of imidazole rings is 1. The van der Waals surface area contributed by atoms with Crippen LogP contribution in [0.2, 0.25) is 0 Å². The molecular formula is C24H32N6O. The lowest BCUT2D eigenvalue weighted by atomic mass is 10.2. The molecule has 0 unspecified atom stereocenters. The summed E-state index contributed by atoms with van der Waals surface area (Å²) in [5.74, 6) is 2.57. The zero-order valence-electron chi connectivity index (χ0n) is 18.8. The highest BCUT2D eigenvalue weighted by Crippen LogP contribution is 2.17. The zero-order chi connectivity index (χ0) is 22.1. The highest BCUT2D eigenvalue weighted by Gasteiger charge is 2.10. The Morgan fingerprint density at radius 3 is 2.65 bits per heavy atom. The standard InChI is InChI=1S/C24H32N6O/c1-25-24(27-16-19-9-8-12-21(15-19)31-14-13-29(2)3)30(4)18-23-26-17-22(28-23)20-10-6-5-7-11-20/h5-12,15,17H,13-14,16,18H2,1-4H3,(H,25,27)(H,26,28). The van der Waals surface area contributed by atoms with Crippen molar-refractivity contribution in [3.05, 3.63) is 72.2 Å². The molecule has 2 N–H and O–H groups in total. The highest BCUT2D eigenvalue weighted by molar-refractivity contribution is 5.79. The minimum atomic E-state index is 0.625. The van der Waals surface area contributed by atoms with E-state index < -0.39 is 0 Å². The summed E-state index contributed by atoms with van der Waals surface area (Å²) in [5, 5.41) is 3.42. The zero-order valence-corrected chi connectivity index (χ0v) is 18.8. The Balaban J connectivity index is 1.54. The predicted octanol–water partition coefficient (Wildman–Crippen LogP) is 3.22. The number of rotatable bonds is 9. The molecule has 3 aromatic rings. The fourth-order valence-electron chi connectivity index (χ4n) is 3.16. The van der Waals surface area contributed by atoms with Crippen molar-refractivity contribution in [1.29, 1.82) is 0 Å². The van der Waals surface area contributed by atoms with Gasteiger partial charge in [0.1, 0.15) is 18.2 Å². The largest absolute Gasteiger partial charge is 0.492 e. The summed E-state index contributed by atoms with van der Waals surface area (Å²) in [4.78, 5) is 16.5. The van der Waals surface area contributed by atoms with Crippen LogP contribution in [0.25, 0.3) is 11.3 Å². The van der Waals surface area contributed by atoms with Crippen LogP contribution < -0.4 is 10.1 Å². The number of aromatic nitrogens is 2. The Morgan fingerprint density at radius 1 is 1.10 bits per heavy atom. The molecule has 31 heavy (non-hydrogen) atoms. The second-order valence-electron chi connectivity index (χ2n) is 7.67. The van der Waals surface area contributed by atoms with Crippen LogP contribution in [0.1, 0.15) is 11.4 Å². The molecule has 0 spiro atoms. The molecule has 1 heterocycles. The van der Waals surface area contributed by atoms with Crippen molar-refractivity contribution in [2.24, 2.45) is 4.99 Å². The number of aliphatic imine (C=N–C) groups is 1. The van der Waals surface area contributed by atoms with Crippen LogP contribution in [-0.2, 0) is 13.1 Å². The molecule has 7 heteroatoms. The summed E-state index contributed by atoms with van der Waals surface area (Å²) < 4.78 is 5.83. The van der Waals surface area contributed by atoms with Crippen LogP contribution >= 0.6 is 0 Å². The van der Waals surface area contributed by atoms with E-state index >= 15 is 0 Å². The second kappa shape index (κ2) is 11.2. The first-order valence-corrected chi connectivity index (χ1v) is 10.4. The quantitative estimate of drug-likeness (QED) is 0.411. The number of nitrogens with one attached hydrogen (secondary N) is 2. The van der Waals surface area contributed by atoms with Crippen molar-refractivity contribution in [1.82, 2.24) is 25.1 Å². The maximum atomic E-state index is 5.83. The molecule has 7 nitrogen and oxygen atoms in total. The van der Waals surface area contributed by atoms with Crippen molar-refractivity contribution in [2.75, 3.05) is 41.3 Å². The van der Waals surface area contributed by atoms with Crippen LogP contribution in [0.5, 0.6) is 5.75 Å². The first kappa shape index (κ1) is 22.4. The maximum Gasteiger partial charge on any atom is 0.194 e. The van der Waals surface area contributed by atoms with Crippen molar-refractivity contribution >= 4 is 5.96 Å². The van der Waals surface area contributed by atoms with E-state index in [0.29, 0.717) is 19.7 Å². The van der Waals surface area contributed by atoms with Gasteiger partial charge in [-0.25, -0.2) is 4.98 Å². The molecule has 1 aromatic heterocycles. The fourth-order valence-corrected chi connectivity index (χ4v) is 3.16. The van der Waals surface area contributed by atoms with Gasteiger partial charge in [-0.3, -0.25) is 4.99 Å². The Kier molecular flexibility index (Phi) is 8.06. The third kappa shape index (κ3) is 6.86. The van der Waals surface area contributed by atoms with E-state index in [2.05, 4.69) is 49.4 Å². The Hall–Kier alpha value is -3.32. The van der Waals surface area contributed by atoms with Gasteiger partial charge in [0.15, 0.2) is 5.96 Å². The molecule has 0 aliphatic rings. The van der Waals surface area contributed by atoms with Gasteiger partial charge < -0.3 is 24.8 Å². The molecular weight excluding hydrogens is 388 g/mol. The van der Waals surface area contributed by atoms with Gasteiger partial charge in [-0.2, -0.15) is 0 Å². The van der Waals surface area contributed by atoms with Crippen molar-refractivity contribution in [3.8, 4) is 17.0 Å². The molecule has 2 aromatic carbocycles. The number of likely N-dealkylation sites (N-methyl/N-ethyl adjacent to an activating group) is 1. The monoisotopic (exact) mass is 420 g/mol. The van der Waals surface area contributed by atoms with Crippen molar-refractivity contribution in [3.63, 3.8) is 0 Å². The highest BCUT2D eigenvalue weighted by atomic mass is 16.5. The summed E-state index contributed by atoms with van der Waals surface area (Å²) in [6.07, 6.45) is 1.87. The summed E-state index contributed by atoms with van der Waals surface area (Å²) >= 11 is 0. The third-order valence-corrected chi connectivity index (χ3v) is 4.83. The summed E-state index contributed by atoms with van der Waals surface area (Å²) in [6, 6.07) is 18.3. The van der Waals surface area contributed by atoms with Gasteiger partial charge in [-0.05, 0) is 37.4 Å². The molecule has 0 amide bonds. The average molecular weight is 421 g/mol. The SMILES string of the molecule is CN=C(NCc1cccc(OCCN(C)C)c1)N(C)Cc1ncc(-c2ccccc2)[nH]1. The molecule has 0 saturated heterocycles. The molecule has 0 fully saturated rings. The Morgan fingerprint density at radius 2 is 1.90 bits per heavy atom. The first-order chi connectivity index (χ1) is 15.0. The maximum absolute atomic E-state index is 5.83. The topological polar surface area (TPSA) is 68.8 Å². The number of hydrogen-bond donors (Lipinski definition) is 2. The minimum absolute atomic E-state index is 0.625. The molecule has 0 aliphatic carbocycles. The minimum Gasteiger partial charge on any atom is -0.492 e. The van der Waals surface area contributed by atoms with Gasteiger partial charge in [0.25, 0.3) is 0 Å². The third-order valence-electron chi connectivity index (χ3n) is 4.83. The van der Waals surface area contributed by atoms with Crippen LogP contribution in [0.15, 0.2) is 65.8 Å². The van der Waals surface area contributed by atoms with E-state index in [-0.39, 0.29) is 0 Å². The van der Waals surface area contributed by atoms with Gasteiger partial charge in [0.2, 0.25) is 0 Å². The molecule has 3 rings (SSSR count). The van der Waals surface area contributed by atoms with Gasteiger partial charge in [0, 0.05) is 27.2 Å². The van der Waals surface area contributed by atoms with E-state index in [1.165, 1.54) is 0 Å². The Labute approximate surface area is 184 Å². The van der Waals surface area contributed by atoms with E-state index in [1.54, 1.807) is 7.05 Å². The van der Waals surface area contributed by atoms with E-state index in [4.69, 9.17) is 4.74 Å². The summed E-state index contributed by atoms with van der Waals surface area (Å²) in [6.45, 7) is 2.84. The first-order valence-electron chi connectivity index (χ1n) is 10.4. The van der Waals surface area contributed by atoms with Gasteiger partial charge >= 0.3 is 0 Å². The van der Waals surface area contributed by atoms with Gasteiger partial charge in [-0.15, -0.1) is 0 Å². The molecule has 0 bridgehead atoms. The van der Waals surface area contributed by atoms with Crippen LogP contribution in [0, 0.1) is 0 Å². The molecule has 0 radical (unpaired) electrons. The van der Waals surface area contributed by atoms with E-state index in [1.807, 2.05) is 62.6 Å². The van der Waals surface area contributed by atoms with Gasteiger partial charge in [-0.1, -0.05) is 42.5 Å². The number of benzene rings is 2. The van der Waals surface area contributed by atoms with Crippen LogP contribution in [0.3, 0.4) is 0 Å². The molecule has 164 valence electrons. The van der Waals surface area contributed by atoms with Crippen LogP contribution in [-0.4, -0.2) is 67.1 Å². The van der Waals surface area contributed by atoms with Crippen molar-refractivity contribution in [2.45, 2.75) is 13.1 Å². The number of guanidine groups is 1. The normalized spacial score (nSPS) is 11.6. The van der Waals surface area contributed by atoms with E-state index in [0.717, 1.165) is 40.9 Å². The number of H-pyrrole nitrogens is 1. The smallest absolute Gasteiger partial charge is 0.194 e. The Bertz CT molecular complexity index is 967. The lowest BCUT2D eigenvalue weighted by Gasteiger charge is -2.21. The van der Waals surface area contributed by atoms with Crippen molar-refractivity contribution < 1.29 is 4.74 Å². The van der Waals surface area contributed by atoms with Gasteiger partial charge in [0.05, 0.1) is 18.4 Å². The van der Waals surface area contributed by atoms with Crippen LogP contribution in [0.4, 0.5) is 0 Å². The summed E-state index contributed by atoms with van der Waals surface area (Å²) in [5.41, 5.74) is 3.28. The molecule has 0 atom stereocenters. The number of ether oxygens (including phenoxy) is 1. The second-order valence-corrected chi connectivity index (χ2v) is 7.67. The average Bonchev–Trinajstić information content (AvgIpc) is 3.23. The lowest BCUT2D eigenvalue weighted by Crippen LogP contribution is -2.38. The lowest BCUT2D eigenvalue weighted by molar-refractivity contribution is 0.261. The summed E-state index contributed by atoms with van der Waals surface area (Å²) in [7, 11) is 7.87. The molecule has 0 aliphatic heterocycles. The number of aromatic amines is 1. The number of nitrogens with zero attached hydrogens (tertiary/aromatic N) is 4. The predicted molar refractivity (Wildman–Crippen MR) is 126 cm³/mol. The van der Waals surface area contributed by atoms with E-state index in [9.17, 15) is 0 Å².